The summed E-state index contributed by atoms with van der Waals surface area (Å²) < 4.78 is 0. The first-order valence-electron chi connectivity index (χ1n) is 5.57. The van der Waals surface area contributed by atoms with Crippen molar-refractivity contribution < 1.29 is 0 Å². The van der Waals surface area contributed by atoms with E-state index in [-0.39, 0.29) is 0 Å². The molecule has 3 rings (SSSR count). The van der Waals surface area contributed by atoms with E-state index in [4.69, 9.17) is 0 Å². The van der Waals surface area contributed by atoms with E-state index in [1.54, 1.807) is 0 Å². The van der Waals surface area contributed by atoms with Crippen molar-refractivity contribution in [3.63, 3.8) is 0 Å². The fourth-order valence-corrected chi connectivity index (χ4v) is 3.89. The monoisotopic (exact) mass is 166 g/mol. The highest BCUT2D eigenvalue weighted by Crippen LogP contribution is 2.63. The highest BCUT2D eigenvalue weighted by atomic mass is 14.6. The van der Waals surface area contributed by atoms with E-state index in [1.165, 1.54) is 19.3 Å². The third-order valence-corrected chi connectivity index (χ3v) is 4.92. The largest absolute Gasteiger partial charge is 0.0651 e. The van der Waals surface area contributed by atoms with Crippen molar-refractivity contribution in [3.05, 3.63) is 0 Å². The van der Waals surface area contributed by atoms with Crippen LogP contribution < -0.4 is 0 Å². The fraction of sp³-hybridized carbons (Fsp3) is 1.00. The lowest BCUT2D eigenvalue weighted by Gasteiger charge is -2.62. The summed E-state index contributed by atoms with van der Waals surface area (Å²) in [5.74, 6) is 4.15. The summed E-state index contributed by atoms with van der Waals surface area (Å²) in [6.45, 7) is 9.80. The molecule has 0 aromatic heterocycles. The Hall–Kier alpha value is 0. The number of rotatable bonds is 1. The molecule has 0 heterocycles. The lowest BCUT2D eigenvalue weighted by molar-refractivity contribution is -0.131. The van der Waals surface area contributed by atoms with Gasteiger partial charge >= 0.3 is 0 Å². The van der Waals surface area contributed by atoms with E-state index in [0.717, 1.165) is 23.7 Å². The number of fused-ring (bicyclic) bond motifs is 2. The van der Waals surface area contributed by atoms with Crippen LogP contribution in [0.4, 0.5) is 0 Å². The van der Waals surface area contributed by atoms with Gasteiger partial charge < -0.3 is 0 Å². The molecule has 12 heavy (non-hydrogen) atoms. The molecule has 0 saturated heterocycles. The molecule has 3 saturated carbocycles. The third-order valence-electron chi connectivity index (χ3n) is 4.92. The third kappa shape index (κ3) is 0.900. The first kappa shape index (κ1) is 8.59. The van der Waals surface area contributed by atoms with Gasteiger partial charge in [0.1, 0.15) is 0 Å². The van der Waals surface area contributed by atoms with Gasteiger partial charge in [-0.25, -0.2) is 0 Å². The maximum atomic E-state index is 2.49. The minimum absolute atomic E-state index is 0.688. The first-order valence-corrected chi connectivity index (χ1v) is 5.57. The van der Waals surface area contributed by atoms with Crippen LogP contribution in [0.2, 0.25) is 0 Å². The Morgan fingerprint density at radius 2 is 1.92 bits per heavy atom. The van der Waals surface area contributed by atoms with Crippen LogP contribution in [0.5, 0.6) is 0 Å². The molecule has 0 amide bonds. The summed E-state index contributed by atoms with van der Waals surface area (Å²) in [6, 6.07) is 0. The first-order chi connectivity index (χ1) is 5.57. The van der Waals surface area contributed by atoms with Crippen molar-refractivity contribution in [1.29, 1.82) is 0 Å². The van der Waals surface area contributed by atoms with Crippen LogP contribution in [0.1, 0.15) is 47.0 Å². The Kier molecular flexibility index (Phi) is 1.79. The van der Waals surface area contributed by atoms with Gasteiger partial charge in [-0.15, -0.1) is 0 Å². The summed E-state index contributed by atoms with van der Waals surface area (Å²) in [4.78, 5) is 0. The van der Waals surface area contributed by atoms with E-state index in [1.807, 2.05) is 0 Å². The average Bonchev–Trinajstić information content (AvgIpc) is 2.03. The quantitative estimate of drug-likeness (QED) is 0.557. The zero-order valence-corrected chi connectivity index (χ0v) is 8.93. The smallest absolute Gasteiger partial charge is 0.0295 e. The number of hydrogen-bond acceptors (Lipinski definition) is 0. The van der Waals surface area contributed by atoms with Crippen LogP contribution in [0.3, 0.4) is 0 Å². The second-order valence-electron chi connectivity index (χ2n) is 5.65. The standard InChI is InChI=1S/C12H22/c1-5-10-8(2)6-9-7-11(10)12(9,3)4/h8-11H,5-7H2,1-4H3/t8?,9-,10?,11-/m1/s1. The van der Waals surface area contributed by atoms with Gasteiger partial charge in [-0.2, -0.15) is 0 Å². The van der Waals surface area contributed by atoms with Gasteiger partial charge in [0, 0.05) is 0 Å². The minimum atomic E-state index is 0.688. The molecular weight excluding hydrogens is 144 g/mol. The normalized spacial score (nSPS) is 50.0. The van der Waals surface area contributed by atoms with Crippen molar-refractivity contribution >= 4 is 0 Å². The van der Waals surface area contributed by atoms with Crippen LogP contribution >= 0.6 is 0 Å². The highest BCUT2D eigenvalue weighted by molar-refractivity contribution is 5.04. The molecule has 4 atom stereocenters. The molecule has 3 aliphatic carbocycles. The van der Waals surface area contributed by atoms with Crippen molar-refractivity contribution in [2.45, 2.75) is 47.0 Å². The number of hydrogen-bond donors (Lipinski definition) is 0. The molecule has 70 valence electrons. The second kappa shape index (κ2) is 2.49. The predicted molar refractivity (Wildman–Crippen MR) is 52.9 cm³/mol. The van der Waals surface area contributed by atoms with E-state index in [9.17, 15) is 0 Å². The van der Waals surface area contributed by atoms with Gasteiger partial charge in [0.2, 0.25) is 0 Å². The van der Waals surface area contributed by atoms with Crippen LogP contribution in [0.15, 0.2) is 0 Å². The van der Waals surface area contributed by atoms with Gasteiger partial charge in [0.15, 0.2) is 0 Å². The molecule has 2 bridgehead atoms. The molecule has 0 aromatic carbocycles. The topological polar surface area (TPSA) is 0 Å². The molecule has 0 heteroatoms. The maximum absolute atomic E-state index is 2.49. The zero-order valence-electron chi connectivity index (χ0n) is 8.93. The fourth-order valence-electron chi connectivity index (χ4n) is 3.89. The molecule has 0 spiro atoms. The van der Waals surface area contributed by atoms with Gasteiger partial charge in [0.25, 0.3) is 0 Å². The molecule has 0 aliphatic heterocycles. The summed E-state index contributed by atoms with van der Waals surface area (Å²) in [5.41, 5.74) is 0.688. The Balaban J connectivity index is 2.15. The summed E-state index contributed by atoms with van der Waals surface area (Å²) in [6.07, 6.45) is 4.44. The summed E-state index contributed by atoms with van der Waals surface area (Å²) in [5, 5.41) is 0. The highest BCUT2D eigenvalue weighted by Gasteiger charge is 2.55. The van der Waals surface area contributed by atoms with Gasteiger partial charge in [-0.05, 0) is 41.9 Å². The van der Waals surface area contributed by atoms with E-state index >= 15 is 0 Å². The van der Waals surface area contributed by atoms with E-state index < -0.39 is 0 Å². The molecule has 0 aromatic rings. The van der Waals surface area contributed by atoms with Gasteiger partial charge in [-0.3, -0.25) is 0 Å². The molecule has 3 aliphatic rings. The Morgan fingerprint density at radius 1 is 1.25 bits per heavy atom. The molecule has 0 radical (unpaired) electrons. The lowest BCUT2D eigenvalue weighted by Crippen LogP contribution is -2.54. The van der Waals surface area contributed by atoms with Crippen LogP contribution in [-0.2, 0) is 0 Å². The SMILES string of the molecule is CCC1C(C)C[C@@H]2C[C@H]1C2(C)C. The van der Waals surface area contributed by atoms with Crippen LogP contribution in [0, 0.1) is 29.1 Å². The predicted octanol–water partition coefficient (Wildman–Crippen LogP) is 3.71. The molecule has 0 nitrogen and oxygen atoms in total. The minimum Gasteiger partial charge on any atom is -0.0651 e. The van der Waals surface area contributed by atoms with Crippen LogP contribution in [-0.4, -0.2) is 0 Å². The van der Waals surface area contributed by atoms with E-state index in [0.29, 0.717) is 5.41 Å². The molecule has 2 unspecified atom stereocenters. The average molecular weight is 166 g/mol. The van der Waals surface area contributed by atoms with E-state index in [2.05, 4.69) is 27.7 Å². The van der Waals surface area contributed by atoms with Crippen molar-refractivity contribution in [2.75, 3.05) is 0 Å². The van der Waals surface area contributed by atoms with Crippen molar-refractivity contribution in [1.82, 2.24) is 0 Å². The molecule has 0 N–H and O–H groups in total. The Labute approximate surface area is 76.7 Å². The Bertz CT molecular complexity index is 180. The second-order valence-corrected chi connectivity index (χ2v) is 5.65. The Morgan fingerprint density at radius 3 is 2.33 bits per heavy atom. The lowest BCUT2D eigenvalue weighted by atomic mass is 9.43. The zero-order chi connectivity index (χ0) is 8.93. The van der Waals surface area contributed by atoms with Crippen molar-refractivity contribution in [2.24, 2.45) is 29.1 Å². The molecule has 3 fully saturated rings. The summed E-state index contributed by atoms with van der Waals surface area (Å²) >= 11 is 0. The van der Waals surface area contributed by atoms with Gasteiger partial charge in [-0.1, -0.05) is 34.1 Å². The van der Waals surface area contributed by atoms with Crippen molar-refractivity contribution in [3.8, 4) is 0 Å². The maximum Gasteiger partial charge on any atom is -0.0295 e. The molecular formula is C12H22. The summed E-state index contributed by atoms with van der Waals surface area (Å²) in [7, 11) is 0. The van der Waals surface area contributed by atoms with Crippen LogP contribution in [0.25, 0.3) is 0 Å². The van der Waals surface area contributed by atoms with Gasteiger partial charge in [0.05, 0.1) is 0 Å².